The Morgan fingerprint density at radius 1 is 0.882 bits per heavy atom. The predicted octanol–water partition coefficient (Wildman–Crippen LogP) is 3.87. The topological polar surface area (TPSA) is 25.8 Å². The van der Waals surface area contributed by atoms with Crippen LogP contribution in [0.5, 0.6) is 0 Å². The maximum atomic E-state index is 4.48. The van der Waals surface area contributed by atoms with E-state index >= 15 is 0 Å². The maximum Gasteiger partial charge on any atom is 0.0788 e. The number of hydrogen-bond acceptors (Lipinski definition) is 3. The van der Waals surface area contributed by atoms with Crippen LogP contribution in [0.4, 0.5) is 0 Å². The molecule has 2 nitrogen and oxygen atoms in total. The molecule has 17 heavy (non-hydrogen) atoms. The highest BCUT2D eigenvalue weighted by molar-refractivity contribution is 7.08. The van der Waals surface area contributed by atoms with Crippen molar-refractivity contribution in [2.75, 3.05) is 0 Å². The van der Waals surface area contributed by atoms with Crippen molar-refractivity contribution in [3.05, 3.63) is 59.7 Å². The number of rotatable bonds is 2. The molecule has 0 amide bonds. The van der Waals surface area contributed by atoms with Crippen molar-refractivity contribution in [1.82, 2.24) is 9.97 Å². The highest BCUT2D eigenvalue weighted by Gasteiger charge is 2.07. The minimum absolute atomic E-state index is 1.03. The molecular weight excluding hydrogens is 228 g/mol. The lowest BCUT2D eigenvalue weighted by atomic mass is 10.0. The summed E-state index contributed by atoms with van der Waals surface area (Å²) in [6, 6.07) is 10.2. The van der Waals surface area contributed by atoms with Gasteiger partial charge in [-0.15, -0.1) is 0 Å². The summed E-state index contributed by atoms with van der Waals surface area (Å²) in [5.41, 5.74) is 4.49. The standard InChI is InChI=1S/C14H10N2S/c1-2-13(11-3-7-15-8-4-11)14(16-6-1)12-5-9-17-10-12/h1-10H. The molecule has 0 N–H and O–H groups in total. The zero-order valence-corrected chi connectivity index (χ0v) is 9.89. The second kappa shape index (κ2) is 4.47. The summed E-state index contributed by atoms with van der Waals surface area (Å²) < 4.78 is 0. The Morgan fingerprint density at radius 2 is 1.76 bits per heavy atom. The van der Waals surface area contributed by atoms with Crippen LogP contribution < -0.4 is 0 Å². The third kappa shape index (κ3) is 1.97. The molecule has 3 heterocycles. The minimum atomic E-state index is 1.03. The second-order valence-corrected chi connectivity index (χ2v) is 4.43. The van der Waals surface area contributed by atoms with Gasteiger partial charge >= 0.3 is 0 Å². The summed E-state index contributed by atoms with van der Waals surface area (Å²) in [5.74, 6) is 0. The fourth-order valence-corrected chi connectivity index (χ4v) is 2.44. The Kier molecular flexibility index (Phi) is 2.68. The van der Waals surface area contributed by atoms with Crippen LogP contribution in [-0.4, -0.2) is 9.97 Å². The second-order valence-electron chi connectivity index (χ2n) is 3.65. The fourth-order valence-electron chi connectivity index (χ4n) is 1.80. The van der Waals surface area contributed by atoms with Crippen molar-refractivity contribution >= 4 is 11.3 Å². The Balaban J connectivity index is 2.18. The molecule has 0 spiro atoms. The van der Waals surface area contributed by atoms with Crippen molar-refractivity contribution in [1.29, 1.82) is 0 Å². The highest BCUT2D eigenvalue weighted by atomic mass is 32.1. The molecular formula is C14H10N2S. The Morgan fingerprint density at radius 3 is 2.53 bits per heavy atom. The fraction of sp³-hybridized carbons (Fsp3) is 0. The van der Waals surface area contributed by atoms with Crippen LogP contribution in [0, 0.1) is 0 Å². The van der Waals surface area contributed by atoms with Crippen molar-refractivity contribution in [3.8, 4) is 22.4 Å². The monoisotopic (exact) mass is 238 g/mol. The number of aromatic nitrogens is 2. The first-order valence-corrected chi connectivity index (χ1v) is 6.27. The third-order valence-corrected chi connectivity index (χ3v) is 3.28. The lowest BCUT2D eigenvalue weighted by molar-refractivity contribution is 1.31. The molecule has 0 bridgehead atoms. The van der Waals surface area contributed by atoms with Gasteiger partial charge in [-0.3, -0.25) is 9.97 Å². The molecule has 3 rings (SSSR count). The van der Waals surface area contributed by atoms with Gasteiger partial charge in [0.1, 0.15) is 0 Å². The number of hydrogen-bond donors (Lipinski definition) is 0. The van der Waals surface area contributed by atoms with Crippen LogP contribution in [0.3, 0.4) is 0 Å². The van der Waals surface area contributed by atoms with E-state index in [-0.39, 0.29) is 0 Å². The molecule has 0 unspecified atom stereocenters. The van der Waals surface area contributed by atoms with Gasteiger partial charge < -0.3 is 0 Å². The van der Waals surface area contributed by atoms with E-state index in [2.05, 4.69) is 32.9 Å². The molecule has 0 aliphatic heterocycles. The van der Waals surface area contributed by atoms with E-state index in [9.17, 15) is 0 Å². The summed E-state index contributed by atoms with van der Waals surface area (Å²) in [7, 11) is 0. The van der Waals surface area contributed by atoms with Gasteiger partial charge in [0.15, 0.2) is 0 Å². The van der Waals surface area contributed by atoms with Gasteiger partial charge in [0.05, 0.1) is 5.69 Å². The van der Waals surface area contributed by atoms with Crippen LogP contribution in [0.15, 0.2) is 59.7 Å². The number of pyridine rings is 2. The van der Waals surface area contributed by atoms with Gasteiger partial charge in [0, 0.05) is 35.1 Å². The molecule has 0 radical (unpaired) electrons. The van der Waals surface area contributed by atoms with Crippen LogP contribution in [0.25, 0.3) is 22.4 Å². The average molecular weight is 238 g/mol. The number of nitrogens with zero attached hydrogens (tertiary/aromatic N) is 2. The van der Waals surface area contributed by atoms with Gasteiger partial charge in [-0.25, -0.2) is 0 Å². The summed E-state index contributed by atoms with van der Waals surface area (Å²) in [6.07, 6.45) is 5.44. The highest BCUT2D eigenvalue weighted by Crippen LogP contribution is 2.30. The molecule has 3 aromatic heterocycles. The van der Waals surface area contributed by atoms with Crippen molar-refractivity contribution in [3.63, 3.8) is 0 Å². The molecule has 0 fully saturated rings. The van der Waals surface area contributed by atoms with E-state index in [0.29, 0.717) is 0 Å². The minimum Gasteiger partial charge on any atom is -0.265 e. The smallest absolute Gasteiger partial charge is 0.0788 e. The molecule has 3 aromatic rings. The largest absolute Gasteiger partial charge is 0.265 e. The summed E-state index contributed by atoms with van der Waals surface area (Å²) in [4.78, 5) is 8.53. The summed E-state index contributed by atoms with van der Waals surface area (Å²) >= 11 is 1.69. The Hall–Kier alpha value is -2.00. The molecule has 3 heteroatoms. The van der Waals surface area contributed by atoms with Crippen molar-refractivity contribution in [2.24, 2.45) is 0 Å². The quantitative estimate of drug-likeness (QED) is 0.677. The van der Waals surface area contributed by atoms with E-state index in [1.54, 1.807) is 23.7 Å². The first-order chi connectivity index (χ1) is 8.45. The summed E-state index contributed by atoms with van der Waals surface area (Å²) in [5, 5.41) is 4.19. The van der Waals surface area contributed by atoms with Gasteiger partial charge in [-0.05, 0) is 35.2 Å². The van der Waals surface area contributed by atoms with Gasteiger partial charge in [-0.2, -0.15) is 11.3 Å². The predicted molar refractivity (Wildman–Crippen MR) is 70.8 cm³/mol. The van der Waals surface area contributed by atoms with E-state index in [4.69, 9.17) is 0 Å². The zero-order valence-electron chi connectivity index (χ0n) is 9.08. The molecule has 0 saturated carbocycles. The Bertz CT molecular complexity index is 603. The molecule has 0 aliphatic rings. The average Bonchev–Trinajstić information content (AvgIpc) is 2.94. The van der Waals surface area contributed by atoms with Crippen LogP contribution in [-0.2, 0) is 0 Å². The van der Waals surface area contributed by atoms with Gasteiger partial charge in [0.25, 0.3) is 0 Å². The van der Waals surface area contributed by atoms with Crippen LogP contribution in [0.2, 0.25) is 0 Å². The first kappa shape index (κ1) is 10.2. The lowest BCUT2D eigenvalue weighted by Crippen LogP contribution is -1.87. The van der Waals surface area contributed by atoms with Crippen molar-refractivity contribution < 1.29 is 0 Å². The molecule has 0 atom stereocenters. The third-order valence-electron chi connectivity index (χ3n) is 2.59. The Labute approximate surface area is 104 Å². The maximum absolute atomic E-state index is 4.48. The van der Waals surface area contributed by atoms with E-state index < -0.39 is 0 Å². The SMILES string of the molecule is c1cnc(-c2ccsc2)c(-c2ccncc2)c1. The lowest BCUT2D eigenvalue weighted by Gasteiger charge is -2.06. The first-order valence-electron chi connectivity index (χ1n) is 5.33. The zero-order chi connectivity index (χ0) is 11.5. The molecule has 0 aliphatic carbocycles. The molecule has 0 aromatic carbocycles. The van der Waals surface area contributed by atoms with E-state index in [1.165, 1.54) is 5.56 Å². The normalized spacial score (nSPS) is 10.4. The van der Waals surface area contributed by atoms with E-state index in [1.807, 2.05) is 24.4 Å². The van der Waals surface area contributed by atoms with Crippen LogP contribution in [0.1, 0.15) is 0 Å². The van der Waals surface area contributed by atoms with Crippen LogP contribution >= 0.6 is 11.3 Å². The summed E-state index contributed by atoms with van der Waals surface area (Å²) in [6.45, 7) is 0. The van der Waals surface area contributed by atoms with Crippen molar-refractivity contribution in [2.45, 2.75) is 0 Å². The van der Waals surface area contributed by atoms with Gasteiger partial charge in [0.2, 0.25) is 0 Å². The molecule has 82 valence electrons. The number of thiophene rings is 1. The van der Waals surface area contributed by atoms with Gasteiger partial charge in [-0.1, -0.05) is 6.07 Å². The van der Waals surface area contributed by atoms with E-state index in [0.717, 1.165) is 16.8 Å². The molecule has 0 saturated heterocycles.